The molecule has 0 saturated heterocycles. The number of carbonyl (C=O) groups is 2. The summed E-state index contributed by atoms with van der Waals surface area (Å²) < 4.78 is 17.8. The molecule has 23 heavy (non-hydrogen) atoms. The van der Waals surface area contributed by atoms with Crippen molar-refractivity contribution in [2.24, 2.45) is 14.1 Å². The predicted molar refractivity (Wildman–Crippen MR) is 76.7 cm³/mol. The molecular formula is C16H18N2O5+2. The maximum Gasteiger partial charge on any atom is 0.518 e. The number of carbonyl (C=O) groups excluding carboxylic acids is 2. The third-order valence-electron chi connectivity index (χ3n) is 2.98. The fraction of sp³-hybridized carbons (Fsp3) is 0.250. The second-order valence-electron chi connectivity index (χ2n) is 4.92. The van der Waals surface area contributed by atoms with Crippen LogP contribution in [0.2, 0.25) is 0 Å². The van der Waals surface area contributed by atoms with Gasteiger partial charge in [0, 0.05) is 35.4 Å². The van der Waals surface area contributed by atoms with Crippen LogP contribution >= 0.6 is 0 Å². The lowest BCUT2D eigenvalue weighted by molar-refractivity contribution is -0.671. The molecule has 120 valence electrons. The molecule has 2 aromatic heterocycles. The Bertz CT molecular complexity index is 608. The van der Waals surface area contributed by atoms with E-state index in [1.54, 1.807) is 24.3 Å². The Kier molecular flexibility index (Phi) is 5.62. The van der Waals surface area contributed by atoms with Crippen molar-refractivity contribution in [3.05, 3.63) is 60.2 Å². The van der Waals surface area contributed by atoms with Gasteiger partial charge in [-0.1, -0.05) is 0 Å². The molecule has 0 atom stereocenters. The summed E-state index contributed by atoms with van der Waals surface area (Å²) in [5, 5.41) is 0. The number of pyridine rings is 2. The fourth-order valence-electron chi connectivity index (χ4n) is 1.67. The van der Waals surface area contributed by atoms with Gasteiger partial charge in [-0.2, -0.15) is 0 Å². The smallest absolute Gasteiger partial charge is 0.429 e. The minimum absolute atomic E-state index is 0.0160. The van der Waals surface area contributed by atoms with Gasteiger partial charge in [-0.3, -0.25) is 0 Å². The van der Waals surface area contributed by atoms with E-state index < -0.39 is 12.3 Å². The molecule has 0 aliphatic heterocycles. The molecule has 0 aromatic carbocycles. The van der Waals surface area contributed by atoms with Crippen LogP contribution in [-0.2, 0) is 41.5 Å². The molecule has 0 fully saturated rings. The molecule has 0 N–H and O–H groups in total. The highest BCUT2D eigenvalue weighted by Gasteiger charge is 2.14. The van der Waals surface area contributed by atoms with E-state index in [0.717, 1.165) is 11.1 Å². The molecule has 0 bridgehead atoms. The number of rotatable bonds is 4. The van der Waals surface area contributed by atoms with Crippen molar-refractivity contribution in [2.75, 3.05) is 0 Å². The molecule has 0 saturated carbocycles. The van der Waals surface area contributed by atoms with Gasteiger partial charge >= 0.3 is 12.3 Å². The molecule has 2 rings (SSSR count). The standard InChI is InChI=1S/C16H18N2O5/c1-17-7-3-13(4-8-17)11-21-15(19)23-16(20)22-12-14-5-9-18(2)10-6-14/h3-10H,11-12H2,1-2H3/q+2. The summed E-state index contributed by atoms with van der Waals surface area (Å²) >= 11 is 0. The highest BCUT2D eigenvalue weighted by Crippen LogP contribution is 2.02. The molecule has 7 nitrogen and oxygen atoms in total. The molecule has 0 aliphatic carbocycles. The van der Waals surface area contributed by atoms with Gasteiger partial charge in [-0.05, 0) is 0 Å². The highest BCUT2D eigenvalue weighted by molar-refractivity contribution is 5.76. The second-order valence-corrected chi connectivity index (χ2v) is 4.92. The molecule has 0 aliphatic rings. The monoisotopic (exact) mass is 318 g/mol. The first-order valence-corrected chi connectivity index (χ1v) is 6.92. The molecule has 0 spiro atoms. The highest BCUT2D eigenvalue weighted by atomic mass is 16.8. The third kappa shape index (κ3) is 5.74. The average molecular weight is 318 g/mol. The fourth-order valence-corrected chi connectivity index (χ4v) is 1.67. The van der Waals surface area contributed by atoms with E-state index in [1.807, 2.05) is 48.0 Å². The van der Waals surface area contributed by atoms with Crippen LogP contribution in [0, 0.1) is 0 Å². The Labute approximate surface area is 133 Å². The summed E-state index contributed by atoms with van der Waals surface area (Å²) in [7, 11) is 3.75. The Balaban J connectivity index is 1.70. The van der Waals surface area contributed by atoms with Crippen LogP contribution < -0.4 is 9.13 Å². The quantitative estimate of drug-likeness (QED) is 0.483. The van der Waals surface area contributed by atoms with Crippen molar-refractivity contribution >= 4 is 12.3 Å². The number of nitrogens with zero attached hydrogens (tertiary/aromatic N) is 2. The minimum atomic E-state index is -1.09. The molecule has 7 heteroatoms. The minimum Gasteiger partial charge on any atom is -0.429 e. The van der Waals surface area contributed by atoms with Gasteiger partial charge in [-0.15, -0.1) is 0 Å². The Hall–Kier alpha value is -2.96. The van der Waals surface area contributed by atoms with Crippen molar-refractivity contribution < 1.29 is 32.9 Å². The molecule has 0 unspecified atom stereocenters. The van der Waals surface area contributed by atoms with Gasteiger partial charge in [0.15, 0.2) is 24.8 Å². The maximum atomic E-state index is 11.4. The average Bonchev–Trinajstić information content (AvgIpc) is 2.54. The Morgan fingerprint density at radius 1 is 0.783 bits per heavy atom. The van der Waals surface area contributed by atoms with Gasteiger partial charge in [0.05, 0.1) is 0 Å². The van der Waals surface area contributed by atoms with Gasteiger partial charge in [0.2, 0.25) is 0 Å². The van der Waals surface area contributed by atoms with Crippen LogP contribution in [0.15, 0.2) is 49.1 Å². The summed E-state index contributed by atoms with van der Waals surface area (Å²) in [5.41, 5.74) is 1.57. The normalized spacial score (nSPS) is 10.0. The predicted octanol–water partition coefficient (Wildman–Crippen LogP) is 1.33. The van der Waals surface area contributed by atoms with E-state index in [2.05, 4.69) is 4.74 Å². The second kappa shape index (κ2) is 7.88. The number of hydrogen-bond donors (Lipinski definition) is 0. The molecule has 0 radical (unpaired) electrons. The zero-order valence-corrected chi connectivity index (χ0v) is 13.0. The van der Waals surface area contributed by atoms with Crippen molar-refractivity contribution in [2.45, 2.75) is 13.2 Å². The van der Waals surface area contributed by atoms with E-state index in [0.29, 0.717) is 0 Å². The summed E-state index contributed by atoms with van der Waals surface area (Å²) in [4.78, 5) is 22.8. The van der Waals surface area contributed by atoms with Gasteiger partial charge in [0.25, 0.3) is 0 Å². The summed E-state index contributed by atoms with van der Waals surface area (Å²) in [6.07, 6.45) is 5.08. The summed E-state index contributed by atoms with van der Waals surface area (Å²) in [6.45, 7) is 0.0320. The number of aromatic nitrogens is 2. The largest absolute Gasteiger partial charge is 0.518 e. The van der Waals surface area contributed by atoms with E-state index in [-0.39, 0.29) is 13.2 Å². The van der Waals surface area contributed by atoms with E-state index in [1.165, 1.54) is 0 Å². The van der Waals surface area contributed by atoms with Gasteiger partial charge in [0.1, 0.15) is 27.3 Å². The first-order valence-electron chi connectivity index (χ1n) is 6.92. The maximum absolute atomic E-state index is 11.4. The van der Waals surface area contributed by atoms with Crippen LogP contribution in [0.1, 0.15) is 11.1 Å². The van der Waals surface area contributed by atoms with Crippen LogP contribution in [0.5, 0.6) is 0 Å². The molecule has 0 amide bonds. The van der Waals surface area contributed by atoms with E-state index >= 15 is 0 Å². The third-order valence-corrected chi connectivity index (χ3v) is 2.98. The van der Waals surface area contributed by atoms with E-state index in [4.69, 9.17) is 9.47 Å². The zero-order chi connectivity index (χ0) is 16.7. The van der Waals surface area contributed by atoms with Crippen molar-refractivity contribution in [3.8, 4) is 0 Å². The Morgan fingerprint density at radius 3 is 1.48 bits per heavy atom. The lowest BCUT2D eigenvalue weighted by Gasteiger charge is -2.05. The van der Waals surface area contributed by atoms with Crippen LogP contribution in [0.25, 0.3) is 0 Å². The first kappa shape index (κ1) is 16.4. The first-order chi connectivity index (χ1) is 11.0. The molecular weight excluding hydrogens is 300 g/mol. The summed E-state index contributed by atoms with van der Waals surface area (Å²) in [5.74, 6) is 0. The number of hydrogen-bond acceptors (Lipinski definition) is 5. The van der Waals surface area contributed by atoms with Gasteiger partial charge < -0.3 is 14.2 Å². The van der Waals surface area contributed by atoms with Crippen LogP contribution in [0.3, 0.4) is 0 Å². The van der Waals surface area contributed by atoms with Gasteiger partial charge in [-0.25, -0.2) is 18.7 Å². The topological polar surface area (TPSA) is 69.6 Å². The molecule has 2 heterocycles. The lowest BCUT2D eigenvalue weighted by atomic mass is 10.3. The van der Waals surface area contributed by atoms with Crippen molar-refractivity contribution in [3.63, 3.8) is 0 Å². The van der Waals surface area contributed by atoms with Crippen molar-refractivity contribution in [1.29, 1.82) is 0 Å². The zero-order valence-electron chi connectivity index (χ0n) is 13.0. The van der Waals surface area contributed by atoms with Crippen LogP contribution in [-0.4, -0.2) is 12.3 Å². The summed E-state index contributed by atoms with van der Waals surface area (Å²) in [6, 6.07) is 7.17. The lowest BCUT2D eigenvalue weighted by Crippen LogP contribution is -2.26. The molecule has 2 aromatic rings. The van der Waals surface area contributed by atoms with Crippen LogP contribution in [0.4, 0.5) is 9.59 Å². The van der Waals surface area contributed by atoms with Crippen molar-refractivity contribution in [1.82, 2.24) is 0 Å². The van der Waals surface area contributed by atoms with E-state index in [9.17, 15) is 9.59 Å². The SMILES string of the molecule is C[n+]1ccc(COC(=O)OC(=O)OCc2cc[n+](C)cc2)cc1. The number of ether oxygens (including phenoxy) is 3. The Morgan fingerprint density at radius 2 is 1.13 bits per heavy atom. The number of aryl methyl sites for hydroxylation is 2.